The molecule has 7 heteroatoms. The van der Waals surface area contributed by atoms with Crippen molar-refractivity contribution in [1.82, 2.24) is 9.97 Å². The van der Waals surface area contributed by atoms with Gasteiger partial charge in [-0.3, -0.25) is 10.1 Å². The van der Waals surface area contributed by atoms with Crippen LogP contribution < -0.4 is 5.32 Å². The molecule has 7 nitrogen and oxygen atoms in total. The van der Waals surface area contributed by atoms with Crippen LogP contribution in [0.3, 0.4) is 0 Å². The summed E-state index contributed by atoms with van der Waals surface area (Å²) in [7, 11) is 1.31. The number of anilines is 1. The number of phenolic OH excluding ortho intramolecular Hbond substituents is 1. The number of hydrogen-bond acceptors (Lipinski definition) is 5. The Kier molecular flexibility index (Phi) is 3.84. The molecule has 2 aromatic carbocycles. The molecule has 2 unspecified atom stereocenters. The summed E-state index contributed by atoms with van der Waals surface area (Å²) in [5, 5.41) is 12.7. The molecule has 1 aliphatic carbocycles. The number of carbonyl (C=O) groups is 2. The van der Waals surface area contributed by atoms with E-state index in [0.29, 0.717) is 23.0 Å². The van der Waals surface area contributed by atoms with Crippen LogP contribution in [0, 0.1) is 5.92 Å². The van der Waals surface area contributed by atoms with Crippen molar-refractivity contribution in [2.24, 2.45) is 5.92 Å². The Morgan fingerprint density at radius 3 is 2.81 bits per heavy atom. The third kappa shape index (κ3) is 2.77. The average Bonchev–Trinajstić information content (AvgIpc) is 3.33. The van der Waals surface area contributed by atoms with Gasteiger partial charge in [-0.25, -0.2) is 9.78 Å². The largest absolute Gasteiger partial charge is 0.508 e. The summed E-state index contributed by atoms with van der Waals surface area (Å²) in [6.45, 7) is 0. The second-order valence-corrected chi connectivity index (χ2v) is 6.28. The number of methoxy groups -OCH3 is 1. The summed E-state index contributed by atoms with van der Waals surface area (Å²) >= 11 is 0. The first-order valence-corrected chi connectivity index (χ1v) is 8.24. The van der Waals surface area contributed by atoms with E-state index in [-0.39, 0.29) is 29.4 Å². The minimum Gasteiger partial charge on any atom is -0.508 e. The molecule has 0 bridgehead atoms. The molecule has 26 heavy (non-hydrogen) atoms. The molecule has 1 heterocycles. The van der Waals surface area contributed by atoms with Gasteiger partial charge in [0.1, 0.15) is 11.3 Å². The van der Waals surface area contributed by atoms with Gasteiger partial charge >= 0.3 is 5.97 Å². The van der Waals surface area contributed by atoms with E-state index in [1.165, 1.54) is 7.11 Å². The molecule has 1 saturated carbocycles. The van der Waals surface area contributed by atoms with Crippen LogP contribution in [-0.4, -0.2) is 34.1 Å². The van der Waals surface area contributed by atoms with E-state index in [2.05, 4.69) is 15.3 Å². The number of phenols is 1. The molecule has 3 aromatic rings. The summed E-state index contributed by atoms with van der Waals surface area (Å²) in [5.41, 5.74) is 2.20. The number of esters is 1. The monoisotopic (exact) mass is 351 g/mol. The highest BCUT2D eigenvalue weighted by Gasteiger charge is 2.45. The number of imidazole rings is 1. The summed E-state index contributed by atoms with van der Waals surface area (Å²) in [6, 6.07) is 12.2. The molecule has 0 saturated heterocycles. The van der Waals surface area contributed by atoms with Crippen molar-refractivity contribution < 1.29 is 19.4 Å². The standard InChI is InChI=1S/C19H17N3O4/c1-26-18(25)11-6-4-7-14-16(11)21-19(20-14)22-17(24)13-9-12(13)10-5-2-3-8-15(10)23/h2-8,12-13,23H,9H2,1H3,(H2,20,21,22,24). The Balaban J connectivity index is 1.52. The van der Waals surface area contributed by atoms with Gasteiger partial charge < -0.3 is 14.8 Å². The van der Waals surface area contributed by atoms with Crippen molar-refractivity contribution in [2.75, 3.05) is 12.4 Å². The highest BCUT2D eigenvalue weighted by molar-refractivity contribution is 6.03. The van der Waals surface area contributed by atoms with E-state index < -0.39 is 5.97 Å². The Bertz CT molecular complexity index is 1010. The van der Waals surface area contributed by atoms with Crippen LogP contribution in [0.4, 0.5) is 5.95 Å². The number of hydrogen-bond donors (Lipinski definition) is 3. The van der Waals surface area contributed by atoms with Crippen LogP contribution in [-0.2, 0) is 9.53 Å². The van der Waals surface area contributed by atoms with E-state index >= 15 is 0 Å². The van der Waals surface area contributed by atoms with Gasteiger partial charge in [-0.1, -0.05) is 24.3 Å². The Morgan fingerprint density at radius 2 is 2.04 bits per heavy atom. The third-order valence-corrected chi connectivity index (χ3v) is 4.62. The molecule has 0 spiro atoms. The zero-order chi connectivity index (χ0) is 18.3. The molecule has 3 N–H and O–H groups in total. The zero-order valence-electron chi connectivity index (χ0n) is 14.0. The van der Waals surface area contributed by atoms with Gasteiger partial charge in [-0.15, -0.1) is 0 Å². The molecule has 132 valence electrons. The predicted molar refractivity (Wildman–Crippen MR) is 95.0 cm³/mol. The fraction of sp³-hybridized carbons (Fsp3) is 0.211. The maximum Gasteiger partial charge on any atom is 0.340 e. The highest BCUT2D eigenvalue weighted by atomic mass is 16.5. The number of carbonyl (C=O) groups excluding carboxylic acids is 2. The fourth-order valence-electron chi connectivity index (χ4n) is 3.20. The van der Waals surface area contributed by atoms with Crippen molar-refractivity contribution in [1.29, 1.82) is 0 Å². The van der Waals surface area contributed by atoms with E-state index in [4.69, 9.17) is 4.74 Å². The molecule has 1 amide bonds. The van der Waals surface area contributed by atoms with E-state index in [1.807, 2.05) is 12.1 Å². The number of para-hydroxylation sites is 2. The van der Waals surface area contributed by atoms with Crippen LogP contribution in [0.2, 0.25) is 0 Å². The van der Waals surface area contributed by atoms with Crippen molar-refractivity contribution in [3.63, 3.8) is 0 Å². The lowest BCUT2D eigenvalue weighted by Gasteiger charge is -2.03. The van der Waals surface area contributed by atoms with E-state index in [0.717, 1.165) is 5.56 Å². The molecule has 0 aliphatic heterocycles. The molecule has 0 radical (unpaired) electrons. The number of benzene rings is 2. The first-order chi connectivity index (χ1) is 12.6. The number of fused-ring (bicyclic) bond motifs is 1. The SMILES string of the molecule is COC(=O)c1cccc2[nH]c(NC(=O)C3CC3c3ccccc3O)nc12. The summed E-state index contributed by atoms with van der Waals surface area (Å²) in [4.78, 5) is 31.6. The normalized spacial score (nSPS) is 18.5. The van der Waals surface area contributed by atoms with Gasteiger partial charge in [0.05, 0.1) is 18.2 Å². The lowest BCUT2D eigenvalue weighted by molar-refractivity contribution is -0.117. The minimum absolute atomic E-state index is 0.00575. The van der Waals surface area contributed by atoms with E-state index in [9.17, 15) is 14.7 Å². The number of aromatic nitrogens is 2. The first kappa shape index (κ1) is 16.1. The average molecular weight is 351 g/mol. The smallest absolute Gasteiger partial charge is 0.340 e. The van der Waals surface area contributed by atoms with Gasteiger partial charge in [-0.2, -0.15) is 0 Å². The summed E-state index contributed by atoms with van der Waals surface area (Å²) < 4.78 is 4.75. The van der Waals surface area contributed by atoms with Gasteiger partial charge in [0, 0.05) is 5.92 Å². The number of nitrogens with one attached hydrogen (secondary N) is 2. The molecule has 1 aliphatic rings. The lowest BCUT2D eigenvalue weighted by Crippen LogP contribution is -2.15. The van der Waals surface area contributed by atoms with Crippen LogP contribution in [0.15, 0.2) is 42.5 Å². The molecule has 1 aromatic heterocycles. The Morgan fingerprint density at radius 1 is 1.23 bits per heavy atom. The van der Waals surface area contributed by atoms with Crippen LogP contribution in [0.1, 0.15) is 28.3 Å². The van der Waals surface area contributed by atoms with E-state index in [1.54, 1.807) is 30.3 Å². The highest BCUT2D eigenvalue weighted by Crippen LogP contribution is 2.50. The maximum atomic E-state index is 12.5. The number of rotatable bonds is 4. The topological polar surface area (TPSA) is 104 Å². The number of aromatic amines is 1. The summed E-state index contributed by atoms with van der Waals surface area (Å²) in [6.07, 6.45) is 0.678. The van der Waals surface area contributed by atoms with Gasteiger partial charge in [0.2, 0.25) is 11.9 Å². The second kappa shape index (κ2) is 6.18. The molecular weight excluding hydrogens is 334 g/mol. The number of aromatic hydroxyl groups is 1. The summed E-state index contributed by atoms with van der Waals surface area (Å²) in [5.74, 6) is -0.370. The van der Waals surface area contributed by atoms with Crippen molar-refractivity contribution in [3.8, 4) is 5.75 Å². The van der Waals surface area contributed by atoms with Crippen molar-refractivity contribution >= 4 is 28.9 Å². The number of nitrogens with zero attached hydrogens (tertiary/aromatic N) is 1. The van der Waals surface area contributed by atoms with Crippen LogP contribution in [0.5, 0.6) is 5.75 Å². The third-order valence-electron chi connectivity index (χ3n) is 4.62. The fourth-order valence-corrected chi connectivity index (χ4v) is 3.20. The predicted octanol–water partition coefficient (Wildman–Crippen LogP) is 2.80. The van der Waals surface area contributed by atoms with Gasteiger partial charge in [0.15, 0.2) is 0 Å². The molecule has 1 fully saturated rings. The molecular formula is C19H17N3O4. The van der Waals surface area contributed by atoms with Crippen LogP contribution in [0.25, 0.3) is 11.0 Å². The Labute approximate surface area is 149 Å². The maximum absolute atomic E-state index is 12.5. The van der Waals surface area contributed by atoms with Gasteiger partial charge in [-0.05, 0) is 36.1 Å². The van der Waals surface area contributed by atoms with Crippen molar-refractivity contribution in [3.05, 3.63) is 53.6 Å². The van der Waals surface area contributed by atoms with Crippen molar-refractivity contribution in [2.45, 2.75) is 12.3 Å². The zero-order valence-corrected chi connectivity index (χ0v) is 14.0. The number of ether oxygens (including phenoxy) is 1. The van der Waals surface area contributed by atoms with Crippen LogP contribution >= 0.6 is 0 Å². The van der Waals surface area contributed by atoms with Gasteiger partial charge in [0.25, 0.3) is 0 Å². The Hall–Kier alpha value is -3.35. The lowest BCUT2D eigenvalue weighted by atomic mass is 10.1. The quantitative estimate of drug-likeness (QED) is 0.627. The number of amides is 1. The second-order valence-electron chi connectivity index (χ2n) is 6.28. The molecule has 4 rings (SSSR count). The minimum atomic E-state index is -0.484. The molecule has 2 atom stereocenters. The first-order valence-electron chi connectivity index (χ1n) is 8.24. The number of H-pyrrole nitrogens is 1.